The summed E-state index contributed by atoms with van der Waals surface area (Å²) < 4.78 is 27.4. The Kier molecular flexibility index (Phi) is 5.59. The first-order valence-electron chi connectivity index (χ1n) is 4.56. The number of sulfone groups is 1. The molecule has 0 aromatic carbocycles. The Labute approximate surface area is 98.4 Å². The van der Waals surface area contributed by atoms with E-state index in [0.717, 1.165) is 7.11 Å². The minimum Gasteiger partial charge on any atom is -0.469 e. The lowest BCUT2D eigenvalue weighted by atomic mass is 10.3. The number of carbonyl (C=O) groups excluding carboxylic acids is 3. The first-order valence-corrected chi connectivity index (χ1v) is 6.28. The highest BCUT2D eigenvalue weighted by atomic mass is 32.2. The number of nitrogens with two attached hydrogens (primary N) is 1. The topological polar surface area (TPSA) is 133 Å². The Hall–Kier alpha value is -1.64. The van der Waals surface area contributed by atoms with Crippen LogP contribution in [-0.2, 0) is 24.2 Å². The molecule has 0 aromatic rings. The predicted molar refractivity (Wildman–Crippen MR) is 57.6 cm³/mol. The number of hydrogen-bond donors (Lipinski definition) is 2. The summed E-state index contributed by atoms with van der Waals surface area (Å²) in [5, 5.41) is 0.550. The molecule has 3 N–H and O–H groups in total. The van der Waals surface area contributed by atoms with Gasteiger partial charge in [-0.3, -0.25) is 14.9 Å². The molecular weight excluding hydrogens is 252 g/mol. The van der Waals surface area contributed by atoms with Gasteiger partial charge in [0.2, 0.25) is 5.91 Å². The molecule has 0 saturated heterocycles. The van der Waals surface area contributed by atoms with Crippen LogP contribution >= 0.6 is 0 Å². The summed E-state index contributed by atoms with van der Waals surface area (Å²) >= 11 is 0. The zero-order valence-corrected chi connectivity index (χ0v) is 10.2. The van der Waals surface area contributed by atoms with Gasteiger partial charge in [0.1, 0.15) is 5.75 Å². The van der Waals surface area contributed by atoms with Crippen LogP contribution in [0.3, 0.4) is 0 Å². The molecule has 0 saturated carbocycles. The standard InChI is InChI=1S/C8H14N2O6S/c1-5(3-7(12)16-2)17(14,15)4-6(11)10-8(9)13/h5H,3-4H2,1-2H3,(H3,9,10,11,13). The fraction of sp³-hybridized carbons (Fsp3) is 0.625. The maximum Gasteiger partial charge on any atom is 0.318 e. The summed E-state index contributed by atoms with van der Waals surface area (Å²) in [6.45, 7) is 1.27. The summed E-state index contributed by atoms with van der Waals surface area (Å²) in [4.78, 5) is 32.2. The second kappa shape index (κ2) is 6.18. The number of methoxy groups -OCH3 is 1. The fourth-order valence-corrected chi connectivity index (χ4v) is 2.06. The van der Waals surface area contributed by atoms with Crippen molar-refractivity contribution >= 4 is 27.7 Å². The maximum atomic E-state index is 11.6. The van der Waals surface area contributed by atoms with Crippen LogP contribution in [0.25, 0.3) is 0 Å². The SMILES string of the molecule is COC(=O)CC(C)S(=O)(=O)CC(=O)NC(N)=O. The van der Waals surface area contributed by atoms with Gasteiger partial charge in [-0.2, -0.15) is 0 Å². The molecule has 0 heterocycles. The van der Waals surface area contributed by atoms with Crippen LogP contribution in [0.2, 0.25) is 0 Å². The van der Waals surface area contributed by atoms with Crippen molar-refractivity contribution in [1.29, 1.82) is 0 Å². The number of ether oxygens (including phenoxy) is 1. The van der Waals surface area contributed by atoms with Crippen LogP contribution in [0.5, 0.6) is 0 Å². The number of rotatable bonds is 5. The van der Waals surface area contributed by atoms with E-state index in [9.17, 15) is 22.8 Å². The number of primary amides is 1. The van der Waals surface area contributed by atoms with Crippen LogP contribution < -0.4 is 11.1 Å². The third kappa shape index (κ3) is 5.85. The molecule has 9 heteroatoms. The molecule has 1 atom stereocenters. The Bertz CT molecular complexity index is 416. The van der Waals surface area contributed by atoms with Crippen LogP contribution in [0.1, 0.15) is 13.3 Å². The number of nitrogens with one attached hydrogen (secondary N) is 1. The first-order chi connectivity index (χ1) is 7.69. The van der Waals surface area contributed by atoms with Crippen molar-refractivity contribution in [3.8, 4) is 0 Å². The average Bonchev–Trinajstić information content (AvgIpc) is 2.14. The second-order valence-electron chi connectivity index (χ2n) is 3.31. The molecule has 0 radical (unpaired) electrons. The first kappa shape index (κ1) is 15.4. The molecule has 8 nitrogen and oxygen atoms in total. The molecule has 0 spiro atoms. The van der Waals surface area contributed by atoms with E-state index in [0.29, 0.717) is 0 Å². The highest BCUT2D eigenvalue weighted by Gasteiger charge is 2.27. The molecule has 3 amide bonds. The van der Waals surface area contributed by atoms with Crippen molar-refractivity contribution in [1.82, 2.24) is 5.32 Å². The third-order valence-electron chi connectivity index (χ3n) is 1.89. The lowest BCUT2D eigenvalue weighted by Crippen LogP contribution is -2.40. The molecule has 0 aliphatic carbocycles. The Morgan fingerprint density at radius 3 is 2.29 bits per heavy atom. The van der Waals surface area contributed by atoms with Crippen molar-refractivity contribution < 1.29 is 27.5 Å². The monoisotopic (exact) mass is 266 g/mol. The summed E-state index contributed by atoms with van der Waals surface area (Å²) in [5.41, 5.74) is 4.65. The summed E-state index contributed by atoms with van der Waals surface area (Å²) in [6.07, 6.45) is -0.358. The van der Waals surface area contributed by atoms with Crippen LogP contribution in [0.4, 0.5) is 4.79 Å². The highest BCUT2D eigenvalue weighted by molar-refractivity contribution is 7.92. The molecule has 0 aliphatic rings. The number of imide groups is 1. The van der Waals surface area contributed by atoms with Gasteiger partial charge in [0.05, 0.1) is 18.8 Å². The van der Waals surface area contributed by atoms with Gasteiger partial charge in [0.15, 0.2) is 9.84 Å². The van der Waals surface area contributed by atoms with E-state index < -0.39 is 38.7 Å². The van der Waals surface area contributed by atoms with Crippen LogP contribution in [0, 0.1) is 0 Å². The number of hydrogen-bond acceptors (Lipinski definition) is 6. The molecule has 0 aromatic heterocycles. The zero-order chi connectivity index (χ0) is 13.6. The van der Waals surface area contributed by atoms with Crippen molar-refractivity contribution in [2.75, 3.05) is 12.9 Å². The fourth-order valence-electron chi connectivity index (χ4n) is 0.943. The smallest absolute Gasteiger partial charge is 0.318 e. The average molecular weight is 266 g/mol. The Balaban J connectivity index is 4.52. The number of esters is 1. The highest BCUT2D eigenvalue weighted by Crippen LogP contribution is 2.07. The van der Waals surface area contributed by atoms with Crippen molar-refractivity contribution in [3.05, 3.63) is 0 Å². The normalized spacial score (nSPS) is 12.6. The zero-order valence-electron chi connectivity index (χ0n) is 9.43. The quantitative estimate of drug-likeness (QED) is 0.585. The van der Waals surface area contributed by atoms with Crippen LogP contribution in [-0.4, -0.2) is 44.4 Å². The second-order valence-corrected chi connectivity index (χ2v) is 5.73. The van der Waals surface area contributed by atoms with E-state index in [1.807, 2.05) is 0 Å². The van der Waals surface area contributed by atoms with Gasteiger partial charge < -0.3 is 10.5 Å². The maximum absolute atomic E-state index is 11.6. The van der Waals surface area contributed by atoms with Gasteiger partial charge >= 0.3 is 12.0 Å². The number of urea groups is 1. The largest absolute Gasteiger partial charge is 0.469 e. The van der Waals surface area contributed by atoms with Crippen LogP contribution in [0.15, 0.2) is 0 Å². The van der Waals surface area contributed by atoms with E-state index >= 15 is 0 Å². The van der Waals surface area contributed by atoms with E-state index in [2.05, 4.69) is 10.5 Å². The van der Waals surface area contributed by atoms with E-state index in [4.69, 9.17) is 0 Å². The molecule has 0 bridgehead atoms. The molecule has 0 rings (SSSR count). The Morgan fingerprint density at radius 1 is 1.35 bits per heavy atom. The predicted octanol–water partition coefficient (Wildman–Crippen LogP) is -1.45. The molecule has 98 valence electrons. The number of amides is 3. The molecule has 17 heavy (non-hydrogen) atoms. The number of carbonyl (C=O) groups is 3. The van der Waals surface area contributed by atoms with Crippen molar-refractivity contribution in [2.45, 2.75) is 18.6 Å². The summed E-state index contributed by atoms with van der Waals surface area (Å²) in [7, 11) is -2.70. The summed E-state index contributed by atoms with van der Waals surface area (Å²) in [6, 6.07) is -1.13. The lowest BCUT2D eigenvalue weighted by Gasteiger charge is -2.10. The minimum atomic E-state index is -3.83. The van der Waals surface area contributed by atoms with Crippen molar-refractivity contribution in [3.63, 3.8) is 0 Å². The lowest BCUT2D eigenvalue weighted by molar-refractivity contribution is -0.140. The molecule has 0 aliphatic heterocycles. The van der Waals surface area contributed by atoms with Gasteiger partial charge in [0.25, 0.3) is 0 Å². The van der Waals surface area contributed by atoms with Crippen molar-refractivity contribution in [2.24, 2.45) is 5.73 Å². The van der Waals surface area contributed by atoms with Gasteiger partial charge in [-0.15, -0.1) is 0 Å². The van der Waals surface area contributed by atoms with Gasteiger partial charge in [0, 0.05) is 0 Å². The summed E-state index contributed by atoms with van der Waals surface area (Å²) in [5.74, 6) is -2.64. The third-order valence-corrected chi connectivity index (χ3v) is 3.95. The molecule has 1 unspecified atom stereocenters. The molecular formula is C8H14N2O6S. The van der Waals surface area contributed by atoms with E-state index in [1.165, 1.54) is 6.92 Å². The molecule has 0 fully saturated rings. The Morgan fingerprint density at radius 2 is 1.88 bits per heavy atom. The van der Waals surface area contributed by atoms with Gasteiger partial charge in [-0.1, -0.05) is 0 Å². The van der Waals surface area contributed by atoms with E-state index in [-0.39, 0.29) is 6.42 Å². The van der Waals surface area contributed by atoms with Gasteiger partial charge in [-0.05, 0) is 6.92 Å². The van der Waals surface area contributed by atoms with Gasteiger partial charge in [-0.25, -0.2) is 13.2 Å². The minimum absolute atomic E-state index is 0.358. The van der Waals surface area contributed by atoms with E-state index in [1.54, 1.807) is 5.32 Å².